The minimum absolute atomic E-state index is 0.879. The monoisotopic (exact) mass is 765 g/mol. The summed E-state index contributed by atoms with van der Waals surface area (Å²) in [6.45, 7) is 0. The van der Waals surface area contributed by atoms with Crippen LogP contribution in [0.1, 0.15) is 0 Å². The van der Waals surface area contributed by atoms with Gasteiger partial charge in [-0.25, -0.2) is 0 Å². The molecular weight excluding hydrogens is 727 g/mol. The molecule has 282 valence electrons. The molecule has 0 aliphatic heterocycles. The third kappa shape index (κ3) is 6.51. The fraction of sp³-hybridized carbons (Fsp3) is 0. The molecule has 0 saturated carbocycles. The van der Waals surface area contributed by atoms with Gasteiger partial charge in [0.15, 0.2) is 0 Å². The van der Waals surface area contributed by atoms with E-state index in [1.807, 2.05) is 0 Å². The average molecular weight is 766 g/mol. The van der Waals surface area contributed by atoms with E-state index >= 15 is 0 Å². The van der Waals surface area contributed by atoms with Gasteiger partial charge in [-0.3, -0.25) is 0 Å². The van der Waals surface area contributed by atoms with Crippen molar-refractivity contribution >= 4 is 49.8 Å². The molecule has 0 N–H and O–H groups in total. The smallest absolute Gasteiger partial charge is 0.143 e. The van der Waals surface area contributed by atoms with Gasteiger partial charge < -0.3 is 9.32 Å². The Morgan fingerprint density at radius 3 is 1.17 bits per heavy atom. The van der Waals surface area contributed by atoms with Crippen molar-refractivity contribution in [2.24, 2.45) is 0 Å². The van der Waals surface area contributed by atoms with Crippen LogP contribution in [0.4, 0.5) is 17.1 Å². The van der Waals surface area contributed by atoms with E-state index < -0.39 is 0 Å². The summed E-state index contributed by atoms with van der Waals surface area (Å²) < 4.78 is 6.85. The largest absolute Gasteiger partial charge is 0.455 e. The molecule has 2 nitrogen and oxygen atoms in total. The second-order valence-corrected chi connectivity index (χ2v) is 15.3. The second kappa shape index (κ2) is 15.1. The minimum atomic E-state index is 0.879. The van der Waals surface area contributed by atoms with E-state index in [2.05, 4.69) is 241 Å². The van der Waals surface area contributed by atoms with Crippen LogP contribution in [0.25, 0.3) is 88.3 Å². The van der Waals surface area contributed by atoms with E-state index in [1.165, 1.54) is 55.3 Å². The van der Waals surface area contributed by atoms with Crippen molar-refractivity contribution in [3.63, 3.8) is 0 Å². The Morgan fingerprint density at radius 1 is 0.283 bits per heavy atom. The molecule has 0 radical (unpaired) electrons. The van der Waals surface area contributed by atoms with Gasteiger partial charge in [-0.1, -0.05) is 194 Å². The topological polar surface area (TPSA) is 16.4 Å². The molecule has 1 aromatic heterocycles. The summed E-state index contributed by atoms with van der Waals surface area (Å²) in [6, 6.07) is 84.8. The number of hydrogen-bond donors (Lipinski definition) is 0. The van der Waals surface area contributed by atoms with Crippen molar-refractivity contribution in [1.29, 1.82) is 0 Å². The van der Waals surface area contributed by atoms with Crippen LogP contribution < -0.4 is 4.90 Å². The number of nitrogens with zero attached hydrogens (tertiary/aromatic N) is 1. The normalized spacial score (nSPS) is 11.3. The maximum atomic E-state index is 6.85. The predicted octanol–water partition coefficient (Wildman–Crippen LogP) is 16.5. The quantitative estimate of drug-likeness (QED) is 0.153. The molecule has 11 aromatic rings. The first kappa shape index (κ1) is 35.2. The average Bonchev–Trinajstić information content (AvgIpc) is 3.72. The molecule has 0 unspecified atom stereocenters. The van der Waals surface area contributed by atoms with Crippen LogP contribution in [0.3, 0.4) is 0 Å². The van der Waals surface area contributed by atoms with E-state index in [1.54, 1.807) is 0 Å². The zero-order valence-corrected chi connectivity index (χ0v) is 32.9. The minimum Gasteiger partial charge on any atom is -0.455 e. The Morgan fingerprint density at radius 2 is 0.683 bits per heavy atom. The van der Waals surface area contributed by atoms with E-state index in [0.717, 1.165) is 50.1 Å². The van der Waals surface area contributed by atoms with Gasteiger partial charge >= 0.3 is 0 Å². The van der Waals surface area contributed by atoms with Crippen molar-refractivity contribution in [3.05, 3.63) is 237 Å². The lowest BCUT2D eigenvalue weighted by Gasteiger charge is -2.27. The van der Waals surface area contributed by atoms with Crippen LogP contribution in [-0.4, -0.2) is 0 Å². The highest BCUT2D eigenvalue weighted by atomic mass is 16.3. The highest BCUT2D eigenvalue weighted by molar-refractivity contribution is 6.21. The van der Waals surface area contributed by atoms with Crippen LogP contribution in [0.5, 0.6) is 0 Å². The summed E-state index contributed by atoms with van der Waals surface area (Å²) in [4.78, 5) is 2.38. The first-order valence-corrected chi connectivity index (χ1v) is 20.5. The number of fused-ring (bicyclic) bond motifs is 5. The van der Waals surface area contributed by atoms with Crippen molar-refractivity contribution in [3.8, 4) is 55.6 Å². The molecule has 0 atom stereocenters. The maximum Gasteiger partial charge on any atom is 0.143 e. The molecule has 11 rings (SSSR count). The lowest BCUT2D eigenvalue weighted by molar-refractivity contribution is 0.670. The Labute approximate surface area is 349 Å². The van der Waals surface area contributed by atoms with Gasteiger partial charge in [0.1, 0.15) is 11.2 Å². The van der Waals surface area contributed by atoms with Crippen LogP contribution in [0, 0.1) is 0 Å². The number of furan rings is 1. The molecule has 0 saturated heterocycles. The van der Waals surface area contributed by atoms with Crippen LogP contribution in [0.2, 0.25) is 0 Å². The number of rotatable bonds is 8. The summed E-state index contributed by atoms with van der Waals surface area (Å²) >= 11 is 0. The summed E-state index contributed by atoms with van der Waals surface area (Å²) in [5.41, 5.74) is 16.6. The molecule has 10 aromatic carbocycles. The molecule has 60 heavy (non-hydrogen) atoms. The van der Waals surface area contributed by atoms with Crippen molar-refractivity contribution in [2.45, 2.75) is 0 Å². The molecule has 1 heterocycles. The molecule has 0 amide bonds. The maximum absolute atomic E-state index is 6.85. The van der Waals surface area contributed by atoms with Crippen molar-refractivity contribution in [2.75, 3.05) is 4.90 Å². The highest BCUT2D eigenvalue weighted by Gasteiger charge is 2.21. The summed E-state index contributed by atoms with van der Waals surface area (Å²) in [7, 11) is 0. The zero-order chi connectivity index (χ0) is 39.8. The van der Waals surface area contributed by atoms with E-state index in [4.69, 9.17) is 4.42 Å². The van der Waals surface area contributed by atoms with Crippen molar-refractivity contribution < 1.29 is 4.42 Å². The molecule has 0 aliphatic rings. The number of hydrogen-bond acceptors (Lipinski definition) is 2. The fourth-order valence-electron chi connectivity index (χ4n) is 8.62. The molecule has 0 spiro atoms. The van der Waals surface area contributed by atoms with E-state index in [-0.39, 0.29) is 0 Å². The first-order chi connectivity index (χ1) is 29.7. The summed E-state index contributed by atoms with van der Waals surface area (Å²) in [6.07, 6.45) is 0. The zero-order valence-electron chi connectivity index (χ0n) is 32.9. The van der Waals surface area contributed by atoms with Gasteiger partial charge in [-0.05, 0) is 103 Å². The van der Waals surface area contributed by atoms with Gasteiger partial charge in [0.05, 0.1) is 0 Å². The number of anilines is 3. The Bertz CT molecular complexity index is 3240. The van der Waals surface area contributed by atoms with E-state index in [0.29, 0.717) is 0 Å². The highest BCUT2D eigenvalue weighted by Crippen LogP contribution is 2.45. The summed E-state index contributed by atoms with van der Waals surface area (Å²) in [5.74, 6) is 0. The standard InChI is InChI=1S/C58H39NO/c1-4-12-40(13-5-1)43-20-22-45(23-21-43)47-30-35-51(36-31-47)59(50-33-28-46(29-34-50)42-16-8-3-9-17-42)52-38-54(49-26-24-44(25-27-49)41-14-6-2-7-15-41)58-55(39-52)57-53-19-11-10-18-48(53)32-37-56(57)60-58/h1-39H. The van der Waals surface area contributed by atoms with Gasteiger partial charge in [0.2, 0.25) is 0 Å². The Hall–Kier alpha value is -7.94. The van der Waals surface area contributed by atoms with Gasteiger partial charge in [0, 0.05) is 33.4 Å². The third-order valence-corrected chi connectivity index (χ3v) is 11.7. The molecule has 0 aliphatic carbocycles. The van der Waals surface area contributed by atoms with Crippen LogP contribution in [-0.2, 0) is 0 Å². The van der Waals surface area contributed by atoms with Crippen LogP contribution in [0.15, 0.2) is 241 Å². The Balaban J connectivity index is 1.08. The van der Waals surface area contributed by atoms with Gasteiger partial charge in [-0.2, -0.15) is 0 Å². The van der Waals surface area contributed by atoms with Gasteiger partial charge in [0.25, 0.3) is 0 Å². The van der Waals surface area contributed by atoms with E-state index in [9.17, 15) is 0 Å². The second-order valence-electron chi connectivity index (χ2n) is 15.3. The lowest BCUT2D eigenvalue weighted by Crippen LogP contribution is -2.10. The molecule has 2 heteroatoms. The first-order valence-electron chi connectivity index (χ1n) is 20.5. The molecular formula is C58H39NO. The molecule has 0 bridgehead atoms. The fourth-order valence-corrected chi connectivity index (χ4v) is 8.62. The number of benzene rings is 10. The molecule has 0 fully saturated rings. The van der Waals surface area contributed by atoms with Gasteiger partial charge in [-0.15, -0.1) is 0 Å². The SMILES string of the molecule is c1ccc(-c2ccc(-c3ccc(N(c4ccc(-c5ccccc5)cc4)c4cc(-c5ccc(-c6ccccc6)cc5)c5oc6ccc7ccccc7c6c5c4)cc3)cc2)cc1. The summed E-state index contributed by atoms with van der Waals surface area (Å²) in [5, 5.41) is 4.58. The third-order valence-electron chi connectivity index (χ3n) is 11.7. The van der Waals surface area contributed by atoms with Crippen LogP contribution >= 0.6 is 0 Å². The Kier molecular flexibility index (Phi) is 8.87. The lowest BCUT2D eigenvalue weighted by atomic mass is 9.96. The predicted molar refractivity (Wildman–Crippen MR) is 253 cm³/mol. The van der Waals surface area contributed by atoms with Crippen molar-refractivity contribution in [1.82, 2.24) is 0 Å².